The van der Waals surface area contributed by atoms with Crippen molar-refractivity contribution in [2.24, 2.45) is 0 Å². The van der Waals surface area contributed by atoms with Crippen LogP contribution in [0, 0.1) is 0 Å². The maximum absolute atomic E-state index is 12.7. The van der Waals surface area contributed by atoms with Crippen molar-refractivity contribution < 1.29 is 8.78 Å². The van der Waals surface area contributed by atoms with Gasteiger partial charge in [-0.05, 0) is 31.0 Å². The van der Waals surface area contributed by atoms with E-state index in [0.29, 0.717) is 24.2 Å². The van der Waals surface area contributed by atoms with Crippen molar-refractivity contribution in [1.82, 2.24) is 0 Å². The first kappa shape index (κ1) is 10.7. The van der Waals surface area contributed by atoms with Crippen molar-refractivity contribution >= 4 is 27.3 Å². The normalized spacial score (nSPS) is 17.9. The molecule has 1 aliphatic rings. The molecule has 0 radical (unpaired) electrons. The molecule has 5 heteroatoms. The second kappa shape index (κ2) is 3.63. The van der Waals surface area contributed by atoms with Gasteiger partial charge in [0.25, 0.3) is 6.43 Å². The minimum absolute atomic E-state index is 0.491. The summed E-state index contributed by atoms with van der Waals surface area (Å²) in [6, 6.07) is 5.19. The Morgan fingerprint density at radius 1 is 1.40 bits per heavy atom. The number of nitrogens with one attached hydrogen (secondary N) is 1. The summed E-state index contributed by atoms with van der Waals surface area (Å²) in [5.74, 6) is 0. The smallest absolute Gasteiger partial charge is 0.261 e. The predicted molar refractivity (Wildman–Crippen MR) is 60.1 cm³/mol. The highest BCUT2D eigenvalue weighted by Crippen LogP contribution is 2.45. The van der Waals surface area contributed by atoms with Gasteiger partial charge in [-0.3, -0.25) is 0 Å². The molecule has 15 heavy (non-hydrogen) atoms. The molecule has 1 aliphatic carbocycles. The number of rotatable bonds is 3. The molecule has 1 saturated carbocycles. The topological polar surface area (TPSA) is 38.0 Å². The standard InChI is InChI=1S/C10H11BrF2N2/c11-6-1-2-7(14)8(5-6)15-10(3-4-10)9(12)13/h1-2,5,9,15H,3-4,14H2. The Morgan fingerprint density at radius 3 is 2.60 bits per heavy atom. The first-order valence-electron chi connectivity index (χ1n) is 4.65. The van der Waals surface area contributed by atoms with E-state index in [0.717, 1.165) is 4.47 Å². The molecule has 0 bridgehead atoms. The summed E-state index contributed by atoms with van der Waals surface area (Å²) in [7, 11) is 0. The van der Waals surface area contributed by atoms with Gasteiger partial charge in [-0.2, -0.15) is 0 Å². The molecule has 0 unspecified atom stereocenters. The third-order valence-electron chi connectivity index (χ3n) is 2.61. The van der Waals surface area contributed by atoms with Gasteiger partial charge >= 0.3 is 0 Å². The van der Waals surface area contributed by atoms with Gasteiger partial charge in [0.1, 0.15) is 0 Å². The van der Waals surface area contributed by atoms with Crippen molar-refractivity contribution in [1.29, 1.82) is 0 Å². The van der Waals surface area contributed by atoms with Crippen LogP contribution in [0.2, 0.25) is 0 Å². The molecule has 3 N–H and O–H groups in total. The van der Waals surface area contributed by atoms with Crippen LogP contribution in [-0.4, -0.2) is 12.0 Å². The fraction of sp³-hybridized carbons (Fsp3) is 0.400. The predicted octanol–water partition coefficient (Wildman–Crippen LogP) is 3.24. The molecule has 82 valence electrons. The van der Waals surface area contributed by atoms with Crippen molar-refractivity contribution in [2.75, 3.05) is 11.1 Å². The van der Waals surface area contributed by atoms with E-state index >= 15 is 0 Å². The van der Waals surface area contributed by atoms with Gasteiger partial charge in [0.2, 0.25) is 0 Å². The minimum atomic E-state index is -2.35. The van der Waals surface area contributed by atoms with E-state index in [4.69, 9.17) is 5.73 Å². The van der Waals surface area contributed by atoms with Crippen molar-refractivity contribution in [3.63, 3.8) is 0 Å². The maximum atomic E-state index is 12.7. The van der Waals surface area contributed by atoms with Crippen LogP contribution in [0.3, 0.4) is 0 Å². The maximum Gasteiger partial charge on any atom is 0.261 e. The molecule has 0 saturated heterocycles. The number of nitrogens with two attached hydrogens (primary N) is 1. The third kappa shape index (κ3) is 2.07. The number of hydrogen-bond donors (Lipinski definition) is 2. The largest absolute Gasteiger partial charge is 0.397 e. The Labute approximate surface area is 95.0 Å². The van der Waals surface area contributed by atoms with Crippen LogP contribution in [0.25, 0.3) is 0 Å². The van der Waals surface area contributed by atoms with Crippen LogP contribution in [0.15, 0.2) is 22.7 Å². The van der Waals surface area contributed by atoms with Gasteiger partial charge in [0.05, 0.1) is 16.9 Å². The summed E-state index contributed by atoms with van der Waals surface area (Å²) >= 11 is 3.28. The number of nitrogen functional groups attached to an aromatic ring is 1. The van der Waals surface area contributed by atoms with E-state index in [1.807, 2.05) is 0 Å². The Balaban J connectivity index is 2.21. The molecule has 2 rings (SSSR count). The van der Waals surface area contributed by atoms with Crippen LogP contribution >= 0.6 is 15.9 Å². The molecule has 1 aromatic rings. The Bertz CT molecular complexity index is 378. The van der Waals surface area contributed by atoms with Gasteiger partial charge in [0, 0.05) is 4.47 Å². The van der Waals surface area contributed by atoms with Crippen molar-refractivity contribution in [2.45, 2.75) is 24.8 Å². The van der Waals surface area contributed by atoms with Crippen LogP contribution in [0.4, 0.5) is 20.2 Å². The number of anilines is 2. The molecule has 0 heterocycles. The van der Waals surface area contributed by atoms with Gasteiger partial charge in [-0.25, -0.2) is 8.78 Å². The lowest BCUT2D eigenvalue weighted by Crippen LogP contribution is -2.30. The van der Waals surface area contributed by atoms with E-state index in [9.17, 15) is 8.78 Å². The molecular weight excluding hydrogens is 266 g/mol. The summed E-state index contributed by atoms with van der Waals surface area (Å²) in [6.07, 6.45) is -1.36. The molecule has 0 aliphatic heterocycles. The number of halogens is 3. The summed E-state index contributed by atoms with van der Waals surface area (Å²) < 4.78 is 26.2. The van der Waals surface area contributed by atoms with Crippen LogP contribution in [0.5, 0.6) is 0 Å². The number of alkyl halides is 2. The average Bonchev–Trinajstić information content (AvgIpc) is 2.92. The highest BCUT2D eigenvalue weighted by Gasteiger charge is 2.51. The molecule has 1 fully saturated rings. The molecular formula is C10H11BrF2N2. The van der Waals surface area contributed by atoms with Crippen LogP contribution in [0.1, 0.15) is 12.8 Å². The zero-order valence-corrected chi connectivity index (χ0v) is 9.52. The molecule has 0 atom stereocenters. The first-order valence-corrected chi connectivity index (χ1v) is 5.44. The Morgan fingerprint density at radius 2 is 2.07 bits per heavy atom. The van der Waals surface area contributed by atoms with Gasteiger partial charge in [-0.15, -0.1) is 0 Å². The fourth-order valence-corrected chi connectivity index (χ4v) is 1.80. The average molecular weight is 277 g/mol. The summed E-state index contributed by atoms with van der Waals surface area (Å²) in [5.41, 5.74) is 5.71. The molecule has 2 nitrogen and oxygen atoms in total. The molecule has 1 aromatic carbocycles. The third-order valence-corrected chi connectivity index (χ3v) is 3.10. The first-order chi connectivity index (χ1) is 7.03. The number of hydrogen-bond acceptors (Lipinski definition) is 2. The van der Waals surface area contributed by atoms with Gasteiger partial charge in [0.15, 0.2) is 0 Å². The van der Waals surface area contributed by atoms with E-state index in [1.54, 1.807) is 18.2 Å². The summed E-state index contributed by atoms with van der Waals surface area (Å²) in [5, 5.41) is 2.83. The molecule has 0 amide bonds. The lowest BCUT2D eigenvalue weighted by atomic mass is 10.2. The second-order valence-electron chi connectivity index (χ2n) is 3.81. The Kier molecular flexibility index (Phi) is 2.58. The highest BCUT2D eigenvalue weighted by molar-refractivity contribution is 9.10. The molecule has 0 spiro atoms. The fourth-order valence-electron chi connectivity index (χ4n) is 1.44. The van der Waals surface area contributed by atoms with Gasteiger partial charge < -0.3 is 11.1 Å². The van der Waals surface area contributed by atoms with Crippen molar-refractivity contribution in [3.8, 4) is 0 Å². The Hall–Kier alpha value is -0.840. The van der Waals surface area contributed by atoms with E-state index in [2.05, 4.69) is 21.2 Å². The minimum Gasteiger partial charge on any atom is -0.397 e. The van der Waals surface area contributed by atoms with Crippen molar-refractivity contribution in [3.05, 3.63) is 22.7 Å². The number of benzene rings is 1. The quantitative estimate of drug-likeness (QED) is 0.832. The lowest BCUT2D eigenvalue weighted by Gasteiger charge is -2.19. The zero-order chi connectivity index (χ0) is 11.1. The summed E-state index contributed by atoms with van der Waals surface area (Å²) in [4.78, 5) is 0. The zero-order valence-electron chi connectivity index (χ0n) is 7.93. The van der Waals surface area contributed by atoms with E-state index in [1.165, 1.54) is 0 Å². The van der Waals surface area contributed by atoms with Crippen LogP contribution < -0.4 is 11.1 Å². The van der Waals surface area contributed by atoms with E-state index in [-0.39, 0.29) is 0 Å². The lowest BCUT2D eigenvalue weighted by molar-refractivity contribution is 0.114. The van der Waals surface area contributed by atoms with Gasteiger partial charge in [-0.1, -0.05) is 15.9 Å². The second-order valence-corrected chi connectivity index (χ2v) is 4.73. The molecule has 0 aromatic heterocycles. The highest BCUT2D eigenvalue weighted by atomic mass is 79.9. The summed E-state index contributed by atoms with van der Waals surface area (Å²) in [6.45, 7) is 0. The van der Waals surface area contributed by atoms with Crippen LogP contribution in [-0.2, 0) is 0 Å². The monoisotopic (exact) mass is 276 g/mol. The SMILES string of the molecule is Nc1ccc(Br)cc1NC1(C(F)F)CC1. The van der Waals surface area contributed by atoms with E-state index < -0.39 is 12.0 Å².